The second-order valence-corrected chi connectivity index (χ2v) is 7.99. The highest BCUT2D eigenvalue weighted by atomic mass is 35.5. The average Bonchev–Trinajstić information content (AvgIpc) is 2.74. The summed E-state index contributed by atoms with van der Waals surface area (Å²) in [4.78, 5) is 10.2. The molecule has 0 amide bonds. The minimum absolute atomic E-state index is 0.0158. The molecule has 0 spiro atoms. The second-order valence-electron chi connectivity index (χ2n) is 6.01. The van der Waals surface area contributed by atoms with Crippen LogP contribution < -0.4 is 4.18 Å². The Labute approximate surface area is 177 Å². The molecule has 0 radical (unpaired) electrons. The Kier molecular flexibility index (Phi) is 6.16. The van der Waals surface area contributed by atoms with Gasteiger partial charge in [0.15, 0.2) is 0 Å². The van der Waals surface area contributed by atoms with E-state index in [-0.39, 0.29) is 27.5 Å². The smallest absolute Gasteiger partial charge is 0.339 e. The van der Waals surface area contributed by atoms with E-state index in [2.05, 4.69) is 0 Å². The highest BCUT2D eigenvalue weighted by Crippen LogP contribution is 2.30. The van der Waals surface area contributed by atoms with Crippen LogP contribution in [-0.4, -0.2) is 13.3 Å². The van der Waals surface area contributed by atoms with Gasteiger partial charge in [-0.2, -0.15) is 13.7 Å². The summed E-state index contributed by atoms with van der Waals surface area (Å²) in [6.07, 6.45) is 1.41. The molecule has 0 bridgehead atoms. The number of nitrogens with zero attached hydrogens (tertiary/aromatic N) is 2. The molecule has 30 heavy (non-hydrogen) atoms. The molecular weight excluding hydrogens is 428 g/mol. The van der Waals surface area contributed by atoms with Crippen molar-refractivity contribution in [3.63, 3.8) is 0 Å². The summed E-state index contributed by atoms with van der Waals surface area (Å²) in [5.41, 5.74) is 0.711. The fourth-order valence-corrected chi connectivity index (χ4v) is 3.72. The molecule has 0 aliphatic carbocycles. The summed E-state index contributed by atoms with van der Waals surface area (Å²) in [6.45, 7) is 0. The van der Waals surface area contributed by atoms with E-state index in [4.69, 9.17) is 15.8 Å². The topological polar surface area (TPSA) is 110 Å². The largest absolute Gasteiger partial charge is 0.378 e. The third-order valence-electron chi connectivity index (χ3n) is 4.01. The Morgan fingerprint density at radius 2 is 1.73 bits per heavy atom. The summed E-state index contributed by atoms with van der Waals surface area (Å²) >= 11 is 6.04. The van der Waals surface area contributed by atoms with Crippen molar-refractivity contribution in [1.29, 1.82) is 5.26 Å². The molecule has 0 unspecified atom stereocenters. The first-order valence-electron chi connectivity index (χ1n) is 8.46. The van der Waals surface area contributed by atoms with Crippen LogP contribution >= 0.6 is 11.6 Å². The van der Waals surface area contributed by atoms with Crippen LogP contribution in [0.15, 0.2) is 77.7 Å². The molecule has 0 N–H and O–H groups in total. The lowest BCUT2D eigenvalue weighted by molar-refractivity contribution is -0.384. The van der Waals surface area contributed by atoms with Crippen LogP contribution in [0.2, 0.25) is 5.02 Å². The summed E-state index contributed by atoms with van der Waals surface area (Å²) in [6, 6.07) is 19.3. The van der Waals surface area contributed by atoms with Crippen molar-refractivity contribution >= 4 is 39.1 Å². The van der Waals surface area contributed by atoms with Crippen molar-refractivity contribution in [2.45, 2.75) is 4.90 Å². The summed E-state index contributed by atoms with van der Waals surface area (Å²) in [5.74, 6) is -0.0158. The maximum atomic E-state index is 12.6. The zero-order valence-corrected chi connectivity index (χ0v) is 16.8. The van der Waals surface area contributed by atoms with Crippen molar-refractivity contribution in [3.8, 4) is 11.8 Å². The van der Waals surface area contributed by atoms with E-state index in [0.717, 1.165) is 0 Å². The predicted octanol–water partition coefficient (Wildman–Crippen LogP) is 5.08. The molecule has 0 aromatic heterocycles. The molecule has 0 aliphatic heterocycles. The van der Waals surface area contributed by atoms with Gasteiger partial charge in [0, 0.05) is 22.7 Å². The van der Waals surface area contributed by atoms with Gasteiger partial charge in [-0.25, -0.2) is 0 Å². The van der Waals surface area contributed by atoms with Gasteiger partial charge in [0.2, 0.25) is 0 Å². The highest BCUT2D eigenvalue weighted by Gasteiger charge is 2.18. The fraction of sp³-hybridized carbons (Fsp3) is 0. The first-order chi connectivity index (χ1) is 14.3. The molecule has 0 aliphatic rings. The lowest BCUT2D eigenvalue weighted by Crippen LogP contribution is -2.10. The Balaban J connectivity index is 2.02. The number of halogens is 1. The van der Waals surface area contributed by atoms with Crippen molar-refractivity contribution in [2.24, 2.45) is 0 Å². The summed E-state index contributed by atoms with van der Waals surface area (Å²) in [7, 11) is -4.10. The number of rotatable bonds is 6. The summed E-state index contributed by atoms with van der Waals surface area (Å²) in [5, 5.41) is 20.7. The van der Waals surface area contributed by atoms with Gasteiger partial charge in [0.25, 0.3) is 5.69 Å². The molecule has 0 heterocycles. The maximum Gasteiger partial charge on any atom is 0.339 e. The standard InChI is InChI=1S/C21H13ClN2O5S/c22-18-8-11-21(29-30(27,28)20-4-2-1-3-5-20)16(13-18)12-17(14-23)15-6-9-19(10-7-15)24(25)26/h1-13H/b17-12+. The number of allylic oxidation sites excluding steroid dienone is 1. The average molecular weight is 441 g/mol. The number of nitro groups is 1. The number of benzene rings is 3. The minimum atomic E-state index is -4.10. The van der Waals surface area contributed by atoms with Gasteiger partial charge in [-0.15, -0.1) is 0 Å². The summed E-state index contributed by atoms with van der Waals surface area (Å²) < 4.78 is 30.4. The van der Waals surface area contributed by atoms with Gasteiger partial charge in [-0.05, 0) is 54.1 Å². The molecule has 3 rings (SSSR count). The lowest BCUT2D eigenvalue weighted by Gasteiger charge is -2.10. The molecule has 0 atom stereocenters. The Morgan fingerprint density at radius 3 is 2.33 bits per heavy atom. The Hall–Kier alpha value is -3.67. The molecular formula is C21H13ClN2O5S. The van der Waals surface area contributed by atoms with E-state index in [9.17, 15) is 23.8 Å². The van der Waals surface area contributed by atoms with E-state index in [1.54, 1.807) is 18.2 Å². The van der Waals surface area contributed by atoms with Crippen LogP contribution in [0, 0.1) is 21.4 Å². The van der Waals surface area contributed by atoms with Crippen molar-refractivity contribution in [2.75, 3.05) is 0 Å². The van der Waals surface area contributed by atoms with Gasteiger partial charge in [-0.1, -0.05) is 29.8 Å². The van der Waals surface area contributed by atoms with E-state index in [1.165, 1.54) is 60.7 Å². The van der Waals surface area contributed by atoms with Crippen LogP contribution in [0.3, 0.4) is 0 Å². The molecule has 3 aromatic carbocycles. The number of hydrogen-bond acceptors (Lipinski definition) is 6. The monoisotopic (exact) mass is 440 g/mol. The van der Waals surface area contributed by atoms with Crippen LogP contribution in [0.1, 0.15) is 11.1 Å². The quantitative estimate of drug-likeness (QED) is 0.174. The first kappa shape index (κ1) is 21.0. The number of nitro benzene ring substituents is 1. The minimum Gasteiger partial charge on any atom is -0.378 e. The zero-order chi connectivity index (χ0) is 21.7. The third-order valence-corrected chi connectivity index (χ3v) is 5.50. The predicted molar refractivity (Wildman–Crippen MR) is 112 cm³/mol. The maximum absolute atomic E-state index is 12.6. The highest BCUT2D eigenvalue weighted by molar-refractivity contribution is 7.87. The van der Waals surface area contributed by atoms with Gasteiger partial charge in [0.1, 0.15) is 10.6 Å². The first-order valence-corrected chi connectivity index (χ1v) is 10.2. The Bertz CT molecular complexity index is 1260. The van der Waals surface area contributed by atoms with E-state index >= 15 is 0 Å². The molecule has 0 saturated heterocycles. The second kappa shape index (κ2) is 8.78. The molecule has 0 fully saturated rings. The molecule has 7 nitrogen and oxygen atoms in total. The van der Waals surface area contributed by atoms with Crippen LogP contribution in [-0.2, 0) is 10.1 Å². The van der Waals surface area contributed by atoms with Crippen molar-refractivity contribution in [3.05, 3.63) is 99.1 Å². The molecule has 3 aromatic rings. The number of nitriles is 1. The molecule has 9 heteroatoms. The van der Waals surface area contributed by atoms with E-state index < -0.39 is 15.0 Å². The van der Waals surface area contributed by atoms with Gasteiger partial charge < -0.3 is 4.18 Å². The van der Waals surface area contributed by atoms with Crippen LogP contribution in [0.25, 0.3) is 11.6 Å². The van der Waals surface area contributed by atoms with Gasteiger partial charge >= 0.3 is 10.1 Å². The third kappa shape index (κ3) is 4.84. The normalized spacial score (nSPS) is 11.5. The van der Waals surface area contributed by atoms with Gasteiger partial charge in [0.05, 0.1) is 16.6 Å². The number of hydrogen-bond donors (Lipinski definition) is 0. The Morgan fingerprint density at radius 1 is 1.07 bits per heavy atom. The fourth-order valence-electron chi connectivity index (χ4n) is 2.56. The van der Waals surface area contributed by atoms with Gasteiger partial charge in [-0.3, -0.25) is 10.1 Å². The van der Waals surface area contributed by atoms with E-state index in [0.29, 0.717) is 10.6 Å². The SMILES string of the molecule is N#C/C(=C\c1cc(Cl)ccc1OS(=O)(=O)c1ccccc1)c1ccc([N+](=O)[O-])cc1. The van der Waals surface area contributed by atoms with Crippen molar-refractivity contribution in [1.82, 2.24) is 0 Å². The zero-order valence-electron chi connectivity index (χ0n) is 15.2. The van der Waals surface area contributed by atoms with Crippen LogP contribution in [0.5, 0.6) is 5.75 Å². The molecule has 0 saturated carbocycles. The molecule has 150 valence electrons. The number of non-ortho nitro benzene ring substituents is 1. The van der Waals surface area contributed by atoms with Crippen LogP contribution in [0.4, 0.5) is 5.69 Å². The lowest BCUT2D eigenvalue weighted by atomic mass is 10.0. The van der Waals surface area contributed by atoms with E-state index in [1.807, 2.05) is 6.07 Å². The van der Waals surface area contributed by atoms with Crippen molar-refractivity contribution < 1.29 is 17.5 Å².